The van der Waals surface area contributed by atoms with Crippen molar-refractivity contribution >= 4 is 23.8 Å². The maximum atomic E-state index is 13.0. The van der Waals surface area contributed by atoms with Crippen molar-refractivity contribution in [1.29, 1.82) is 0 Å². The summed E-state index contributed by atoms with van der Waals surface area (Å²) in [6.07, 6.45) is -12.0. The predicted molar refractivity (Wildman–Crippen MR) is 103 cm³/mol. The molecule has 0 bridgehead atoms. The summed E-state index contributed by atoms with van der Waals surface area (Å²) in [5.41, 5.74) is 1.28. The number of rotatable bonds is 10. The van der Waals surface area contributed by atoms with Crippen LogP contribution in [0.25, 0.3) is 0 Å². The van der Waals surface area contributed by atoms with Crippen LogP contribution in [0.3, 0.4) is 0 Å². The van der Waals surface area contributed by atoms with Crippen LogP contribution in [0.1, 0.15) is 37.0 Å². The van der Waals surface area contributed by atoms with Crippen molar-refractivity contribution in [2.24, 2.45) is 11.7 Å². The lowest BCUT2D eigenvalue weighted by Crippen LogP contribution is -2.52. The molecule has 1 aromatic rings. The number of esters is 2. The van der Waals surface area contributed by atoms with Crippen molar-refractivity contribution in [3.63, 3.8) is 0 Å². The second-order valence-corrected chi connectivity index (χ2v) is 6.91. The van der Waals surface area contributed by atoms with Crippen LogP contribution in [0.2, 0.25) is 0 Å². The standard InChI is InChI=1S/C20H22F6N2O6/c1-3-33-15(30)9-13(18(32)34-4-2)16(17(27)31)28-14(29)7-10-5-11(19(21,22)23)8-12(6-10)20(24,25)26/h5-6,8,13,16H,3-4,7,9H2,1-2H3,(H2,27,31)(H,28,29)/t13-,16-/m1/s1. The van der Waals surface area contributed by atoms with E-state index in [2.05, 4.69) is 0 Å². The minimum Gasteiger partial charge on any atom is -0.466 e. The molecule has 0 spiro atoms. The van der Waals surface area contributed by atoms with Crippen LogP contribution in [-0.2, 0) is 47.4 Å². The van der Waals surface area contributed by atoms with E-state index in [0.717, 1.165) is 0 Å². The van der Waals surface area contributed by atoms with E-state index in [-0.39, 0.29) is 19.3 Å². The molecule has 2 atom stereocenters. The second-order valence-electron chi connectivity index (χ2n) is 6.91. The number of nitrogens with one attached hydrogen (secondary N) is 1. The molecule has 0 unspecified atom stereocenters. The maximum Gasteiger partial charge on any atom is 0.416 e. The minimum absolute atomic E-state index is 0.0704. The third-order valence-corrected chi connectivity index (χ3v) is 4.32. The first kappa shape index (κ1) is 28.7. The van der Waals surface area contributed by atoms with Crippen LogP contribution in [0.15, 0.2) is 18.2 Å². The normalized spacial score (nSPS) is 13.5. The fourth-order valence-electron chi connectivity index (χ4n) is 2.89. The van der Waals surface area contributed by atoms with Gasteiger partial charge in [-0.25, -0.2) is 0 Å². The summed E-state index contributed by atoms with van der Waals surface area (Å²) in [5.74, 6) is -6.20. The molecule has 190 valence electrons. The average molecular weight is 500 g/mol. The zero-order valence-corrected chi connectivity index (χ0v) is 18.0. The zero-order valence-electron chi connectivity index (χ0n) is 18.0. The number of amides is 2. The molecule has 14 heteroatoms. The number of halogens is 6. The van der Waals surface area contributed by atoms with E-state index < -0.39 is 77.6 Å². The largest absolute Gasteiger partial charge is 0.466 e. The summed E-state index contributed by atoms with van der Waals surface area (Å²) in [6.45, 7) is 2.65. The van der Waals surface area contributed by atoms with Crippen molar-refractivity contribution in [1.82, 2.24) is 5.32 Å². The number of benzene rings is 1. The molecule has 34 heavy (non-hydrogen) atoms. The van der Waals surface area contributed by atoms with Crippen LogP contribution in [0, 0.1) is 5.92 Å². The molecule has 0 saturated heterocycles. The van der Waals surface area contributed by atoms with Crippen LogP contribution in [0.4, 0.5) is 26.3 Å². The van der Waals surface area contributed by atoms with Gasteiger partial charge in [0.05, 0.1) is 43.1 Å². The van der Waals surface area contributed by atoms with Crippen molar-refractivity contribution < 1.29 is 55.0 Å². The highest BCUT2D eigenvalue weighted by Gasteiger charge is 2.39. The van der Waals surface area contributed by atoms with Gasteiger partial charge in [-0.3, -0.25) is 19.2 Å². The van der Waals surface area contributed by atoms with Gasteiger partial charge >= 0.3 is 24.3 Å². The van der Waals surface area contributed by atoms with Gasteiger partial charge in [-0.2, -0.15) is 26.3 Å². The molecule has 0 heterocycles. The third-order valence-electron chi connectivity index (χ3n) is 4.32. The molecule has 0 aliphatic rings. The monoisotopic (exact) mass is 500 g/mol. The van der Waals surface area contributed by atoms with Gasteiger partial charge in [0.25, 0.3) is 0 Å². The van der Waals surface area contributed by atoms with Gasteiger partial charge in [0.1, 0.15) is 6.04 Å². The topological polar surface area (TPSA) is 125 Å². The first-order valence-corrected chi connectivity index (χ1v) is 9.79. The first-order chi connectivity index (χ1) is 15.6. The summed E-state index contributed by atoms with van der Waals surface area (Å²) >= 11 is 0. The molecule has 0 saturated carbocycles. The first-order valence-electron chi connectivity index (χ1n) is 9.79. The molecule has 1 aromatic carbocycles. The molecular weight excluding hydrogens is 478 g/mol. The maximum absolute atomic E-state index is 13.0. The fourth-order valence-corrected chi connectivity index (χ4v) is 2.89. The Bertz CT molecular complexity index is 884. The number of carbonyl (C=O) groups excluding carboxylic acids is 4. The van der Waals surface area contributed by atoms with Gasteiger partial charge in [0.15, 0.2) is 0 Å². The summed E-state index contributed by atoms with van der Waals surface area (Å²) in [4.78, 5) is 48.4. The summed E-state index contributed by atoms with van der Waals surface area (Å²) < 4.78 is 87.6. The van der Waals surface area contributed by atoms with Gasteiger partial charge in [0, 0.05) is 0 Å². The molecule has 0 fully saturated rings. The fraction of sp³-hybridized carbons (Fsp3) is 0.500. The van der Waals surface area contributed by atoms with Crippen molar-refractivity contribution in [3.8, 4) is 0 Å². The molecule has 2 amide bonds. The van der Waals surface area contributed by atoms with Crippen LogP contribution in [-0.4, -0.2) is 43.0 Å². The SMILES string of the molecule is CCOC(=O)C[C@@H](C(=O)OCC)[C@@H](NC(=O)Cc1cc(C(F)(F)F)cc(C(F)(F)F)c1)C(N)=O. The number of hydrogen-bond donors (Lipinski definition) is 2. The van der Waals surface area contributed by atoms with E-state index in [1.165, 1.54) is 13.8 Å². The van der Waals surface area contributed by atoms with Gasteiger partial charge in [-0.15, -0.1) is 0 Å². The highest BCUT2D eigenvalue weighted by molar-refractivity contribution is 5.93. The quantitative estimate of drug-likeness (QED) is 0.376. The number of ether oxygens (including phenoxy) is 2. The zero-order chi connectivity index (χ0) is 26.3. The minimum atomic E-state index is -5.13. The van der Waals surface area contributed by atoms with E-state index >= 15 is 0 Å². The Hall–Kier alpha value is -3.32. The Morgan fingerprint density at radius 1 is 0.912 bits per heavy atom. The molecule has 0 radical (unpaired) electrons. The lowest BCUT2D eigenvalue weighted by atomic mass is 9.94. The van der Waals surface area contributed by atoms with E-state index in [1.54, 1.807) is 0 Å². The molecule has 8 nitrogen and oxygen atoms in total. The Balaban J connectivity index is 3.23. The van der Waals surface area contributed by atoms with Crippen LogP contribution in [0.5, 0.6) is 0 Å². The number of alkyl halides is 6. The van der Waals surface area contributed by atoms with Crippen LogP contribution >= 0.6 is 0 Å². The smallest absolute Gasteiger partial charge is 0.416 e. The van der Waals surface area contributed by atoms with Gasteiger partial charge in [0.2, 0.25) is 11.8 Å². The molecule has 0 aliphatic heterocycles. The Morgan fingerprint density at radius 2 is 1.41 bits per heavy atom. The lowest BCUT2D eigenvalue weighted by molar-refractivity contribution is -0.157. The molecule has 0 aliphatic carbocycles. The van der Waals surface area contributed by atoms with E-state index in [0.29, 0.717) is 12.1 Å². The van der Waals surface area contributed by atoms with E-state index in [4.69, 9.17) is 15.2 Å². The Morgan fingerprint density at radius 3 is 1.82 bits per heavy atom. The van der Waals surface area contributed by atoms with Gasteiger partial charge < -0.3 is 20.5 Å². The average Bonchev–Trinajstić information content (AvgIpc) is 2.69. The van der Waals surface area contributed by atoms with Gasteiger partial charge in [-0.05, 0) is 37.6 Å². The van der Waals surface area contributed by atoms with Crippen LogP contribution < -0.4 is 11.1 Å². The number of primary amides is 1. The summed E-state index contributed by atoms with van der Waals surface area (Å²) in [7, 11) is 0. The van der Waals surface area contributed by atoms with Crippen molar-refractivity contribution in [2.75, 3.05) is 13.2 Å². The summed E-state index contributed by atoms with van der Waals surface area (Å²) in [6, 6.07) is -1.28. The number of nitrogens with two attached hydrogens (primary N) is 1. The van der Waals surface area contributed by atoms with E-state index in [1.807, 2.05) is 5.32 Å². The lowest BCUT2D eigenvalue weighted by Gasteiger charge is -2.23. The Labute approximate surface area is 189 Å². The van der Waals surface area contributed by atoms with Crippen molar-refractivity contribution in [3.05, 3.63) is 34.9 Å². The summed E-state index contributed by atoms with van der Waals surface area (Å²) in [5, 5.41) is 1.98. The van der Waals surface area contributed by atoms with Crippen molar-refractivity contribution in [2.45, 2.75) is 45.1 Å². The highest BCUT2D eigenvalue weighted by Crippen LogP contribution is 2.36. The van der Waals surface area contributed by atoms with E-state index in [9.17, 15) is 45.5 Å². The molecule has 0 aromatic heterocycles. The third kappa shape index (κ3) is 8.56. The Kier molecular flexibility index (Phi) is 9.88. The molecule has 3 N–H and O–H groups in total. The van der Waals surface area contributed by atoms with Gasteiger partial charge in [-0.1, -0.05) is 0 Å². The second kappa shape index (κ2) is 11.7. The molecule has 1 rings (SSSR count). The number of hydrogen-bond acceptors (Lipinski definition) is 6. The predicted octanol–water partition coefficient (Wildman–Crippen LogP) is 2.37. The number of carbonyl (C=O) groups is 4. The molecular formula is C20H22F6N2O6. The highest BCUT2D eigenvalue weighted by atomic mass is 19.4.